The van der Waals surface area contributed by atoms with Crippen molar-refractivity contribution in [3.05, 3.63) is 29.3 Å². The van der Waals surface area contributed by atoms with Crippen molar-refractivity contribution in [1.29, 1.82) is 0 Å². The second kappa shape index (κ2) is 6.37. The summed E-state index contributed by atoms with van der Waals surface area (Å²) >= 11 is 0. The van der Waals surface area contributed by atoms with Gasteiger partial charge < -0.3 is 10.2 Å². The zero-order chi connectivity index (χ0) is 14.8. The first-order valence-electron chi connectivity index (χ1n) is 8.44. The van der Waals surface area contributed by atoms with E-state index in [1.54, 1.807) is 0 Å². The maximum absolute atomic E-state index is 3.66. The fourth-order valence-electron chi connectivity index (χ4n) is 3.24. The molecule has 0 amide bonds. The largest absolute Gasteiger partial charge is 0.369 e. The SMILES string of the molecule is Cc1cccc(N2CCN(C(C)CNC3CC3)CC2)c1C. The quantitative estimate of drug-likeness (QED) is 0.898. The minimum Gasteiger partial charge on any atom is -0.369 e. The fraction of sp³-hybridized carbons (Fsp3) is 0.667. The minimum absolute atomic E-state index is 0.659. The van der Waals surface area contributed by atoms with Gasteiger partial charge in [0.2, 0.25) is 0 Å². The van der Waals surface area contributed by atoms with Crippen molar-refractivity contribution in [3.63, 3.8) is 0 Å². The van der Waals surface area contributed by atoms with Gasteiger partial charge in [0.25, 0.3) is 0 Å². The summed E-state index contributed by atoms with van der Waals surface area (Å²) in [4.78, 5) is 5.19. The van der Waals surface area contributed by atoms with Crippen LogP contribution in [0.25, 0.3) is 0 Å². The van der Waals surface area contributed by atoms with Crippen molar-refractivity contribution < 1.29 is 0 Å². The minimum atomic E-state index is 0.659. The van der Waals surface area contributed by atoms with Gasteiger partial charge in [-0.25, -0.2) is 0 Å². The van der Waals surface area contributed by atoms with Gasteiger partial charge in [-0.2, -0.15) is 0 Å². The molecule has 2 aliphatic rings. The summed E-state index contributed by atoms with van der Waals surface area (Å²) in [7, 11) is 0. The Kier molecular flexibility index (Phi) is 4.51. The highest BCUT2D eigenvalue weighted by molar-refractivity contribution is 5.56. The summed E-state index contributed by atoms with van der Waals surface area (Å²) in [6.45, 7) is 12.6. The molecule has 1 aliphatic heterocycles. The number of hydrogen-bond donors (Lipinski definition) is 1. The zero-order valence-corrected chi connectivity index (χ0v) is 13.7. The van der Waals surface area contributed by atoms with Gasteiger partial charge in [-0.1, -0.05) is 12.1 Å². The van der Waals surface area contributed by atoms with E-state index in [0.29, 0.717) is 6.04 Å². The Morgan fingerprint density at radius 3 is 2.52 bits per heavy atom. The number of hydrogen-bond acceptors (Lipinski definition) is 3. The van der Waals surface area contributed by atoms with Gasteiger partial charge >= 0.3 is 0 Å². The van der Waals surface area contributed by atoms with Gasteiger partial charge in [0.1, 0.15) is 0 Å². The van der Waals surface area contributed by atoms with E-state index in [0.717, 1.165) is 25.7 Å². The summed E-state index contributed by atoms with van der Waals surface area (Å²) in [5.74, 6) is 0. The van der Waals surface area contributed by atoms with Crippen molar-refractivity contribution in [2.45, 2.75) is 45.7 Å². The number of nitrogens with one attached hydrogen (secondary N) is 1. The Morgan fingerprint density at radius 2 is 1.86 bits per heavy atom. The highest BCUT2D eigenvalue weighted by Gasteiger charge is 2.25. The summed E-state index contributed by atoms with van der Waals surface area (Å²) in [6.07, 6.45) is 2.76. The monoisotopic (exact) mass is 287 g/mol. The molecular weight excluding hydrogens is 258 g/mol. The van der Waals surface area contributed by atoms with E-state index in [4.69, 9.17) is 0 Å². The van der Waals surface area contributed by atoms with Gasteiger partial charge in [0, 0.05) is 50.5 Å². The van der Waals surface area contributed by atoms with Crippen LogP contribution in [0.2, 0.25) is 0 Å². The molecule has 0 radical (unpaired) electrons. The second-order valence-electron chi connectivity index (χ2n) is 6.77. The molecule has 1 atom stereocenters. The summed E-state index contributed by atoms with van der Waals surface area (Å²) in [5.41, 5.74) is 4.27. The van der Waals surface area contributed by atoms with Gasteiger partial charge in [-0.3, -0.25) is 4.90 Å². The highest BCUT2D eigenvalue weighted by Crippen LogP contribution is 2.24. The number of anilines is 1. The van der Waals surface area contributed by atoms with Crippen molar-refractivity contribution >= 4 is 5.69 Å². The number of piperazine rings is 1. The molecule has 21 heavy (non-hydrogen) atoms. The Hall–Kier alpha value is -1.06. The molecule has 1 aliphatic carbocycles. The maximum Gasteiger partial charge on any atom is 0.0399 e. The molecule has 3 nitrogen and oxygen atoms in total. The van der Waals surface area contributed by atoms with Crippen molar-refractivity contribution in [2.24, 2.45) is 0 Å². The number of rotatable bonds is 5. The Balaban J connectivity index is 1.53. The number of aryl methyl sites for hydroxylation is 1. The van der Waals surface area contributed by atoms with Crippen LogP contribution in [0.5, 0.6) is 0 Å². The summed E-state index contributed by atoms with van der Waals surface area (Å²) < 4.78 is 0. The number of nitrogens with zero attached hydrogens (tertiary/aromatic N) is 2. The molecular formula is C18H29N3. The molecule has 0 spiro atoms. The third-order valence-electron chi connectivity index (χ3n) is 5.13. The molecule has 1 N–H and O–H groups in total. The topological polar surface area (TPSA) is 18.5 Å². The molecule has 3 heteroatoms. The molecule has 1 saturated carbocycles. The van der Waals surface area contributed by atoms with Crippen molar-refractivity contribution in [3.8, 4) is 0 Å². The summed E-state index contributed by atoms with van der Waals surface area (Å²) in [6, 6.07) is 8.15. The van der Waals surface area contributed by atoms with Crippen LogP contribution in [0.15, 0.2) is 18.2 Å². The van der Waals surface area contributed by atoms with Crippen LogP contribution in [0.4, 0.5) is 5.69 Å². The average Bonchev–Trinajstić information content (AvgIpc) is 3.32. The van der Waals surface area contributed by atoms with Gasteiger partial charge in [0.05, 0.1) is 0 Å². The molecule has 0 aromatic heterocycles. The van der Waals surface area contributed by atoms with Gasteiger partial charge in [-0.15, -0.1) is 0 Å². The molecule has 3 rings (SSSR count). The van der Waals surface area contributed by atoms with Crippen molar-refractivity contribution in [1.82, 2.24) is 10.2 Å². The number of benzene rings is 1. The van der Waals surface area contributed by atoms with E-state index in [2.05, 4.69) is 54.1 Å². The van der Waals surface area contributed by atoms with E-state index in [9.17, 15) is 0 Å². The molecule has 0 bridgehead atoms. The van der Waals surface area contributed by atoms with E-state index in [1.807, 2.05) is 0 Å². The summed E-state index contributed by atoms with van der Waals surface area (Å²) in [5, 5.41) is 3.66. The normalized spacial score (nSPS) is 21.6. The fourth-order valence-corrected chi connectivity index (χ4v) is 3.24. The first-order chi connectivity index (χ1) is 10.1. The van der Waals surface area contributed by atoms with Crippen LogP contribution in [0.1, 0.15) is 30.9 Å². The molecule has 1 unspecified atom stereocenters. The first kappa shape index (κ1) is 14.9. The van der Waals surface area contributed by atoms with E-state index >= 15 is 0 Å². The molecule has 116 valence electrons. The Labute approximate surface area is 129 Å². The standard InChI is InChI=1S/C18H29N3/c1-14-5-4-6-18(16(14)3)21-11-9-20(10-12-21)15(2)13-19-17-7-8-17/h4-6,15,17,19H,7-13H2,1-3H3. The van der Waals surface area contributed by atoms with E-state index < -0.39 is 0 Å². The lowest BCUT2D eigenvalue weighted by Crippen LogP contribution is -2.52. The predicted octanol–water partition coefficient (Wildman–Crippen LogP) is 2.57. The predicted molar refractivity (Wildman–Crippen MR) is 90.2 cm³/mol. The molecule has 2 fully saturated rings. The lowest BCUT2D eigenvalue weighted by Gasteiger charge is -2.40. The third-order valence-corrected chi connectivity index (χ3v) is 5.13. The highest BCUT2D eigenvalue weighted by atomic mass is 15.3. The second-order valence-corrected chi connectivity index (χ2v) is 6.77. The van der Waals surface area contributed by atoms with E-state index in [-0.39, 0.29) is 0 Å². The van der Waals surface area contributed by atoms with Crippen LogP contribution in [0, 0.1) is 13.8 Å². The lowest BCUT2D eigenvalue weighted by molar-refractivity contribution is 0.193. The average molecular weight is 287 g/mol. The third kappa shape index (κ3) is 3.58. The lowest BCUT2D eigenvalue weighted by atomic mass is 10.1. The smallest absolute Gasteiger partial charge is 0.0399 e. The van der Waals surface area contributed by atoms with E-state index in [1.165, 1.54) is 42.7 Å². The molecule has 1 aromatic carbocycles. The molecule has 1 heterocycles. The van der Waals surface area contributed by atoms with Crippen LogP contribution >= 0.6 is 0 Å². The Bertz CT molecular complexity index is 473. The maximum atomic E-state index is 3.66. The van der Waals surface area contributed by atoms with Crippen LogP contribution in [-0.4, -0.2) is 49.7 Å². The van der Waals surface area contributed by atoms with Crippen LogP contribution in [-0.2, 0) is 0 Å². The Morgan fingerprint density at radius 1 is 1.14 bits per heavy atom. The first-order valence-corrected chi connectivity index (χ1v) is 8.44. The molecule has 1 aromatic rings. The van der Waals surface area contributed by atoms with Crippen LogP contribution in [0.3, 0.4) is 0 Å². The van der Waals surface area contributed by atoms with Gasteiger partial charge in [0.15, 0.2) is 0 Å². The van der Waals surface area contributed by atoms with Crippen LogP contribution < -0.4 is 10.2 Å². The van der Waals surface area contributed by atoms with Gasteiger partial charge in [-0.05, 0) is 50.8 Å². The van der Waals surface area contributed by atoms with Crippen molar-refractivity contribution in [2.75, 3.05) is 37.6 Å². The zero-order valence-electron chi connectivity index (χ0n) is 13.7. The molecule has 1 saturated heterocycles.